The highest BCUT2D eigenvalue weighted by Crippen LogP contribution is 2.32. The van der Waals surface area contributed by atoms with E-state index in [0.29, 0.717) is 6.07 Å². The summed E-state index contributed by atoms with van der Waals surface area (Å²) in [6.07, 6.45) is -4.59. The van der Waals surface area contributed by atoms with E-state index in [2.05, 4.69) is 5.32 Å². The molecule has 0 heterocycles. The third kappa shape index (κ3) is 4.70. The Morgan fingerprint density at radius 2 is 1.95 bits per heavy atom. The molecule has 1 atom stereocenters. The molecule has 0 aliphatic carbocycles. The molecule has 1 aromatic carbocycles. The van der Waals surface area contributed by atoms with E-state index in [1.165, 1.54) is 0 Å². The first-order chi connectivity index (χ1) is 9.66. The number of rotatable bonds is 5. The summed E-state index contributed by atoms with van der Waals surface area (Å²) >= 11 is 0. The van der Waals surface area contributed by atoms with Gasteiger partial charge in [-0.25, -0.2) is 4.39 Å². The summed E-state index contributed by atoms with van der Waals surface area (Å²) in [6, 6.07) is 1.45. The number of alkyl halides is 3. The first-order valence-electron chi connectivity index (χ1n) is 6.45. The molecular formula is C14H17F4NO2. The van der Waals surface area contributed by atoms with Crippen molar-refractivity contribution >= 4 is 5.91 Å². The molecule has 0 aliphatic rings. The minimum absolute atomic E-state index is 0.0594. The molecule has 1 unspecified atom stereocenters. The van der Waals surface area contributed by atoms with Crippen molar-refractivity contribution in [1.82, 2.24) is 5.32 Å². The molecule has 0 spiro atoms. The molecule has 0 bridgehead atoms. The summed E-state index contributed by atoms with van der Waals surface area (Å²) in [7, 11) is 0. The average Bonchev–Trinajstić information content (AvgIpc) is 2.36. The second kappa shape index (κ2) is 6.89. The van der Waals surface area contributed by atoms with Gasteiger partial charge < -0.3 is 10.4 Å². The van der Waals surface area contributed by atoms with E-state index in [-0.39, 0.29) is 18.9 Å². The van der Waals surface area contributed by atoms with E-state index in [9.17, 15) is 22.4 Å². The van der Waals surface area contributed by atoms with Gasteiger partial charge in [0, 0.05) is 12.6 Å². The monoisotopic (exact) mass is 307 g/mol. The molecule has 0 fully saturated rings. The van der Waals surface area contributed by atoms with Crippen molar-refractivity contribution < 1.29 is 27.5 Å². The van der Waals surface area contributed by atoms with E-state index >= 15 is 0 Å². The van der Waals surface area contributed by atoms with Crippen LogP contribution in [0.25, 0.3) is 0 Å². The molecule has 21 heavy (non-hydrogen) atoms. The Labute approximate surface area is 120 Å². The van der Waals surface area contributed by atoms with Gasteiger partial charge in [0.2, 0.25) is 0 Å². The highest BCUT2D eigenvalue weighted by Gasteiger charge is 2.36. The Kier molecular flexibility index (Phi) is 5.71. The number of nitrogens with one attached hydrogen (secondary N) is 1. The molecule has 0 aromatic heterocycles. The van der Waals surface area contributed by atoms with Gasteiger partial charge in [-0.05, 0) is 30.5 Å². The third-order valence-corrected chi connectivity index (χ3v) is 3.09. The van der Waals surface area contributed by atoms with E-state index in [1.54, 1.807) is 13.8 Å². The molecule has 7 heteroatoms. The predicted octanol–water partition coefficient (Wildman–Crippen LogP) is 2.98. The number of hydrogen-bond donors (Lipinski definition) is 2. The molecule has 0 saturated heterocycles. The second-order valence-corrected chi connectivity index (χ2v) is 5.02. The fraction of sp³-hybridized carbons (Fsp3) is 0.500. The second-order valence-electron chi connectivity index (χ2n) is 5.02. The zero-order valence-corrected chi connectivity index (χ0v) is 11.7. The normalized spacial score (nSPS) is 13.3. The van der Waals surface area contributed by atoms with Crippen molar-refractivity contribution in [3.63, 3.8) is 0 Å². The Balaban J connectivity index is 3.07. The van der Waals surface area contributed by atoms with Gasteiger partial charge in [0.15, 0.2) is 0 Å². The van der Waals surface area contributed by atoms with Gasteiger partial charge in [0.1, 0.15) is 5.82 Å². The molecule has 118 valence electrons. The van der Waals surface area contributed by atoms with Crippen molar-refractivity contribution in [2.45, 2.75) is 32.5 Å². The number of amides is 1. The minimum atomic E-state index is -4.82. The zero-order valence-electron chi connectivity index (χ0n) is 11.7. The quantitative estimate of drug-likeness (QED) is 0.822. The largest absolute Gasteiger partial charge is 0.417 e. The van der Waals surface area contributed by atoms with Gasteiger partial charge >= 0.3 is 6.18 Å². The Morgan fingerprint density at radius 3 is 2.43 bits per heavy atom. The maximum atomic E-state index is 13.0. The van der Waals surface area contributed by atoms with Gasteiger partial charge in [-0.1, -0.05) is 13.8 Å². The molecule has 0 saturated carbocycles. The molecule has 3 nitrogen and oxygen atoms in total. The maximum absolute atomic E-state index is 13.0. The van der Waals surface area contributed by atoms with Crippen molar-refractivity contribution in [2.24, 2.45) is 5.92 Å². The van der Waals surface area contributed by atoms with Crippen LogP contribution >= 0.6 is 0 Å². The van der Waals surface area contributed by atoms with E-state index in [0.717, 1.165) is 12.1 Å². The van der Waals surface area contributed by atoms with Crippen LogP contribution in [0.15, 0.2) is 18.2 Å². The first kappa shape index (κ1) is 17.4. The van der Waals surface area contributed by atoms with Crippen LogP contribution in [0.5, 0.6) is 0 Å². The summed E-state index contributed by atoms with van der Waals surface area (Å²) in [6.45, 7) is 3.35. The zero-order chi connectivity index (χ0) is 16.2. The van der Waals surface area contributed by atoms with Crippen LogP contribution in [-0.2, 0) is 6.18 Å². The number of benzene rings is 1. The molecule has 0 radical (unpaired) electrons. The highest BCUT2D eigenvalue weighted by atomic mass is 19.4. The summed E-state index contributed by atoms with van der Waals surface area (Å²) < 4.78 is 51.5. The summed E-state index contributed by atoms with van der Waals surface area (Å²) in [5.41, 5.74) is -1.95. The first-order valence-corrected chi connectivity index (χ1v) is 6.45. The van der Waals surface area contributed by atoms with Crippen molar-refractivity contribution in [3.05, 3.63) is 35.1 Å². The lowest BCUT2D eigenvalue weighted by molar-refractivity contribution is -0.138. The van der Waals surface area contributed by atoms with Gasteiger partial charge in [0.25, 0.3) is 5.91 Å². The topological polar surface area (TPSA) is 49.3 Å². The third-order valence-electron chi connectivity index (χ3n) is 3.09. The Bertz CT molecular complexity index is 500. The molecular weight excluding hydrogens is 290 g/mol. The van der Waals surface area contributed by atoms with Crippen LogP contribution in [0, 0.1) is 11.7 Å². The molecule has 1 amide bonds. The lowest BCUT2D eigenvalue weighted by Gasteiger charge is -2.22. The van der Waals surface area contributed by atoms with Crippen LogP contribution in [0.2, 0.25) is 0 Å². The van der Waals surface area contributed by atoms with Crippen LogP contribution < -0.4 is 5.32 Å². The van der Waals surface area contributed by atoms with E-state index < -0.39 is 35.1 Å². The Morgan fingerprint density at radius 1 is 1.33 bits per heavy atom. The minimum Gasteiger partial charge on any atom is -0.396 e. The number of hydrogen-bond acceptors (Lipinski definition) is 2. The standard InChI is InChI=1S/C14H17F4NO2/c1-8(2)12(5-6-20)19-13(21)10-4-3-9(15)7-11(10)14(16,17)18/h3-4,7-8,12,20H,5-6H2,1-2H3,(H,19,21). The van der Waals surface area contributed by atoms with Crippen LogP contribution in [-0.4, -0.2) is 23.7 Å². The van der Waals surface area contributed by atoms with E-state index in [1.807, 2.05) is 0 Å². The van der Waals surface area contributed by atoms with Crippen molar-refractivity contribution in [3.8, 4) is 0 Å². The van der Waals surface area contributed by atoms with Gasteiger partial charge in [0.05, 0.1) is 11.1 Å². The van der Waals surface area contributed by atoms with Gasteiger partial charge in [-0.3, -0.25) is 4.79 Å². The predicted molar refractivity (Wildman–Crippen MR) is 69.2 cm³/mol. The molecule has 1 aromatic rings. The van der Waals surface area contributed by atoms with Crippen LogP contribution in [0.1, 0.15) is 36.2 Å². The molecule has 2 N–H and O–H groups in total. The summed E-state index contributed by atoms with van der Waals surface area (Å²) in [5, 5.41) is 11.4. The maximum Gasteiger partial charge on any atom is 0.417 e. The lowest BCUT2D eigenvalue weighted by atomic mass is 9.99. The Hall–Kier alpha value is -1.63. The van der Waals surface area contributed by atoms with Crippen LogP contribution in [0.4, 0.5) is 17.6 Å². The van der Waals surface area contributed by atoms with Crippen molar-refractivity contribution in [2.75, 3.05) is 6.61 Å². The summed E-state index contributed by atoms with van der Waals surface area (Å²) in [4.78, 5) is 12.0. The molecule has 0 aliphatic heterocycles. The van der Waals surface area contributed by atoms with E-state index in [4.69, 9.17) is 5.11 Å². The number of halogens is 4. The fourth-order valence-electron chi connectivity index (χ4n) is 1.91. The van der Waals surface area contributed by atoms with Gasteiger partial charge in [-0.15, -0.1) is 0 Å². The van der Waals surface area contributed by atoms with Crippen LogP contribution in [0.3, 0.4) is 0 Å². The average molecular weight is 307 g/mol. The number of aliphatic hydroxyl groups excluding tert-OH is 1. The number of carbonyl (C=O) groups is 1. The lowest BCUT2D eigenvalue weighted by Crippen LogP contribution is -2.40. The van der Waals surface area contributed by atoms with Crippen molar-refractivity contribution in [1.29, 1.82) is 0 Å². The highest BCUT2D eigenvalue weighted by molar-refractivity contribution is 5.96. The van der Waals surface area contributed by atoms with Gasteiger partial charge in [-0.2, -0.15) is 13.2 Å². The fourth-order valence-corrected chi connectivity index (χ4v) is 1.91. The molecule has 1 rings (SSSR count). The number of carbonyl (C=O) groups excluding carboxylic acids is 1. The summed E-state index contributed by atoms with van der Waals surface area (Å²) in [5.74, 6) is -2.06. The SMILES string of the molecule is CC(C)C(CCO)NC(=O)c1ccc(F)cc1C(F)(F)F. The number of aliphatic hydroxyl groups is 1. The smallest absolute Gasteiger partial charge is 0.396 e.